The third kappa shape index (κ3) is 1.35. The Labute approximate surface area is 60.7 Å². The van der Waals surface area contributed by atoms with Gasteiger partial charge in [-0.3, -0.25) is 0 Å². The lowest BCUT2D eigenvalue weighted by Crippen LogP contribution is -2.00. The average molecular weight is 138 g/mol. The van der Waals surface area contributed by atoms with Gasteiger partial charge in [-0.2, -0.15) is 0 Å². The van der Waals surface area contributed by atoms with Crippen molar-refractivity contribution in [1.29, 1.82) is 0 Å². The van der Waals surface area contributed by atoms with Crippen LogP contribution in [0.3, 0.4) is 0 Å². The Morgan fingerprint density at radius 3 is 2.90 bits per heavy atom. The van der Waals surface area contributed by atoms with E-state index < -0.39 is 0 Å². The molecule has 1 heteroatoms. The Morgan fingerprint density at radius 2 is 2.40 bits per heavy atom. The second-order valence-electron chi connectivity index (χ2n) is 2.60. The van der Waals surface area contributed by atoms with Crippen LogP contribution in [-0.4, -0.2) is 0 Å². The lowest BCUT2D eigenvalue weighted by molar-refractivity contribution is 0.486. The highest BCUT2D eigenvalue weighted by Gasteiger charge is 2.12. The van der Waals surface area contributed by atoms with E-state index in [0.717, 1.165) is 12.0 Å². The molecule has 0 N–H and O–H groups in total. The molecule has 0 nitrogen and oxygen atoms in total. The molecule has 1 atom stereocenters. The van der Waals surface area contributed by atoms with E-state index in [2.05, 4.69) is 6.58 Å². The second-order valence-corrected chi connectivity index (χ2v) is 2.60. The van der Waals surface area contributed by atoms with Gasteiger partial charge in [0.2, 0.25) is 0 Å². The van der Waals surface area contributed by atoms with Crippen molar-refractivity contribution in [2.75, 3.05) is 0 Å². The van der Waals surface area contributed by atoms with Crippen molar-refractivity contribution in [2.24, 2.45) is 5.92 Å². The van der Waals surface area contributed by atoms with Gasteiger partial charge in [-0.05, 0) is 18.1 Å². The standard InChI is InChI=1S/C9H11F/c1-3-8-4-5-9(10)7(2)6-8/h3-5,7H,1,6H2,2H3. The van der Waals surface area contributed by atoms with Crippen molar-refractivity contribution in [3.8, 4) is 0 Å². The van der Waals surface area contributed by atoms with Crippen LogP contribution in [-0.2, 0) is 0 Å². The fourth-order valence-corrected chi connectivity index (χ4v) is 1.02. The first kappa shape index (κ1) is 7.26. The van der Waals surface area contributed by atoms with Crippen molar-refractivity contribution < 1.29 is 4.39 Å². The summed E-state index contributed by atoms with van der Waals surface area (Å²) in [6.07, 6.45) is 5.86. The van der Waals surface area contributed by atoms with Crippen LogP contribution >= 0.6 is 0 Å². The van der Waals surface area contributed by atoms with Crippen molar-refractivity contribution in [1.82, 2.24) is 0 Å². The molecule has 0 saturated heterocycles. The Kier molecular flexibility index (Phi) is 2.05. The number of allylic oxidation sites excluding steroid dienone is 5. The first-order valence-corrected chi connectivity index (χ1v) is 3.42. The molecule has 0 fully saturated rings. The van der Waals surface area contributed by atoms with Crippen molar-refractivity contribution in [3.05, 3.63) is 36.2 Å². The topological polar surface area (TPSA) is 0 Å². The molecule has 0 amide bonds. The minimum atomic E-state index is -0.0226. The third-order valence-electron chi connectivity index (χ3n) is 1.73. The van der Waals surface area contributed by atoms with Gasteiger partial charge in [0.1, 0.15) is 5.83 Å². The molecule has 0 bridgehead atoms. The van der Waals surface area contributed by atoms with Crippen LogP contribution < -0.4 is 0 Å². The number of hydrogen-bond donors (Lipinski definition) is 0. The van der Waals surface area contributed by atoms with E-state index in [1.54, 1.807) is 12.2 Å². The van der Waals surface area contributed by atoms with Gasteiger partial charge in [-0.25, -0.2) is 4.39 Å². The molecule has 0 heterocycles. The van der Waals surface area contributed by atoms with Gasteiger partial charge in [0.05, 0.1) is 0 Å². The van der Waals surface area contributed by atoms with Gasteiger partial charge in [0.15, 0.2) is 0 Å². The van der Waals surface area contributed by atoms with Crippen molar-refractivity contribution >= 4 is 0 Å². The van der Waals surface area contributed by atoms with E-state index in [4.69, 9.17) is 0 Å². The Balaban J connectivity index is 2.78. The smallest absolute Gasteiger partial charge is 0.103 e. The SMILES string of the molecule is C=CC1=CC=C(F)C(C)C1. The summed E-state index contributed by atoms with van der Waals surface area (Å²) in [5, 5.41) is 0. The molecule has 1 aliphatic carbocycles. The minimum Gasteiger partial charge on any atom is -0.212 e. The van der Waals surface area contributed by atoms with Crippen LogP contribution in [0.5, 0.6) is 0 Å². The average Bonchev–Trinajstić information content (AvgIpc) is 1.95. The molecule has 10 heavy (non-hydrogen) atoms. The van der Waals surface area contributed by atoms with Gasteiger partial charge in [-0.1, -0.05) is 25.7 Å². The van der Waals surface area contributed by atoms with Gasteiger partial charge < -0.3 is 0 Å². The molecule has 54 valence electrons. The minimum absolute atomic E-state index is 0.0226. The van der Waals surface area contributed by atoms with E-state index in [0.29, 0.717) is 0 Å². The largest absolute Gasteiger partial charge is 0.212 e. The zero-order chi connectivity index (χ0) is 7.56. The zero-order valence-corrected chi connectivity index (χ0v) is 6.10. The summed E-state index contributed by atoms with van der Waals surface area (Å²) in [4.78, 5) is 0. The maximum absolute atomic E-state index is 12.7. The fourth-order valence-electron chi connectivity index (χ4n) is 1.02. The first-order valence-electron chi connectivity index (χ1n) is 3.42. The molecular weight excluding hydrogens is 127 g/mol. The Hall–Kier alpha value is -0.850. The summed E-state index contributed by atoms with van der Waals surface area (Å²) in [5.74, 6) is 0.0172. The van der Waals surface area contributed by atoms with E-state index >= 15 is 0 Å². The molecule has 1 unspecified atom stereocenters. The molecule has 1 rings (SSSR count). The molecule has 0 spiro atoms. The lowest BCUT2D eigenvalue weighted by atomic mass is 9.95. The van der Waals surface area contributed by atoms with E-state index in [1.807, 2.05) is 6.92 Å². The number of halogens is 1. The predicted octanol–water partition coefficient (Wildman–Crippen LogP) is 2.99. The molecular formula is C9H11F. The quantitative estimate of drug-likeness (QED) is 0.522. The van der Waals surface area contributed by atoms with Gasteiger partial charge in [0.25, 0.3) is 0 Å². The Bertz CT molecular complexity index is 199. The summed E-state index contributed by atoms with van der Waals surface area (Å²) in [5.41, 5.74) is 1.12. The van der Waals surface area contributed by atoms with Crippen LogP contribution in [0.4, 0.5) is 4.39 Å². The summed E-state index contributed by atoms with van der Waals surface area (Å²) >= 11 is 0. The van der Waals surface area contributed by atoms with Gasteiger partial charge in [-0.15, -0.1) is 0 Å². The zero-order valence-electron chi connectivity index (χ0n) is 6.10. The van der Waals surface area contributed by atoms with Gasteiger partial charge in [0, 0.05) is 5.92 Å². The highest BCUT2D eigenvalue weighted by molar-refractivity contribution is 5.28. The number of rotatable bonds is 1. The monoisotopic (exact) mass is 138 g/mol. The van der Waals surface area contributed by atoms with Crippen LogP contribution in [0.15, 0.2) is 36.2 Å². The van der Waals surface area contributed by atoms with E-state index in [1.165, 1.54) is 6.08 Å². The highest BCUT2D eigenvalue weighted by Crippen LogP contribution is 2.25. The third-order valence-corrected chi connectivity index (χ3v) is 1.73. The summed E-state index contributed by atoms with van der Waals surface area (Å²) in [6.45, 7) is 5.50. The molecule has 0 aromatic carbocycles. The van der Waals surface area contributed by atoms with Crippen LogP contribution in [0.1, 0.15) is 13.3 Å². The summed E-state index contributed by atoms with van der Waals surface area (Å²) in [7, 11) is 0. The molecule has 0 aliphatic heterocycles. The molecule has 0 aromatic heterocycles. The van der Waals surface area contributed by atoms with Crippen LogP contribution in [0, 0.1) is 5.92 Å². The van der Waals surface area contributed by atoms with Crippen LogP contribution in [0.25, 0.3) is 0 Å². The van der Waals surface area contributed by atoms with Crippen molar-refractivity contribution in [2.45, 2.75) is 13.3 Å². The summed E-state index contributed by atoms with van der Waals surface area (Å²) in [6, 6.07) is 0. The van der Waals surface area contributed by atoms with Crippen LogP contribution in [0.2, 0.25) is 0 Å². The van der Waals surface area contributed by atoms with E-state index in [9.17, 15) is 4.39 Å². The van der Waals surface area contributed by atoms with Gasteiger partial charge >= 0.3 is 0 Å². The fraction of sp³-hybridized carbons (Fsp3) is 0.333. The first-order chi connectivity index (χ1) is 4.74. The van der Waals surface area contributed by atoms with Crippen molar-refractivity contribution in [3.63, 3.8) is 0 Å². The molecule has 1 aliphatic rings. The molecule has 0 radical (unpaired) electrons. The predicted molar refractivity (Wildman–Crippen MR) is 41.3 cm³/mol. The Morgan fingerprint density at radius 1 is 1.70 bits per heavy atom. The maximum Gasteiger partial charge on any atom is 0.103 e. The highest BCUT2D eigenvalue weighted by atomic mass is 19.1. The summed E-state index contributed by atoms with van der Waals surface area (Å²) < 4.78 is 12.7. The lowest BCUT2D eigenvalue weighted by Gasteiger charge is -2.13. The second kappa shape index (κ2) is 2.82. The normalized spacial score (nSPS) is 25.2. The molecule has 0 saturated carbocycles. The van der Waals surface area contributed by atoms with E-state index in [-0.39, 0.29) is 11.7 Å². The molecule has 0 aromatic rings. The maximum atomic E-state index is 12.7. The number of hydrogen-bond acceptors (Lipinski definition) is 0.